The Hall–Kier alpha value is -0.870. The average Bonchev–Trinajstić information content (AvgIpc) is 2.61. The lowest BCUT2D eigenvalue weighted by Crippen LogP contribution is -2.28. The van der Waals surface area contributed by atoms with Gasteiger partial charge >= 0.3 is 0 Å². The summed E-state index contributed by atoms with van der Waals surface area (Å²) in [5, 5.41) is 13.3. The molecule has 0 aliphatic carbocycles. The zero-order valence-corrected chi connectivity index (χ0v) is 10.2. The van der Waals surface area contributed by atoms with Gasteiger partial charge in [0.25, 0.3) is 0 Å². The van der Waals surface area contributed by atoms with Crippen LogP contribution in [0.15, 0.2) is 4.42 Å². The normalized spacial score (nSPS) is 22.4. The lowest BCUT2D eigenvalue weighted by atomic mass is 9.99. The minimum Gasteiger partial charge on any atom is -0.445 e. The molecule has 4 heteroatoms. The van der Waals surface area contributed by atoms with E-state index in [2.05, 4.69) is 10.3 Å². The Morgan fingerprint density at radius 1 is 1.50 bits per heavy atom. The smallest absolute Gasteiger partial charge is 0.199 e. The average molecular weight is 224 g/mol. The van der Waals surface area contributed by atoms with Crippen LogP contribution in [-0.2, 0) is 5.60 Å². The number of aryl methyl sites for hydroxylation is 1. The van der Waals surface area contributed by atoms with E-state index in [0.717, 1.165) is 37.6 Å². The van der Waals surface area contributed by atoms with Crippen molar-refractivity contribution in [3.05, 3.63) is 17.3 Å². The minimum absolute atomic E-state index is 0.351. The molecule has 0 bridgehead atoms. The Bertz CT molecular complexity index is 360. The maximum atomic E-state index is 9.94. The van der Waals surface area contributed by atoms with Gasteiger partial charge in [-0.1, -0.05) is 0 Å². The van der Waals surface area contributed by atoms with Crippen LogP contribution in [0.3, 0.4) is 0 Å². The highest BCUT2D eigenvalue weighted by molar-refractivity contribution is 5.16. The summed E-state index contributed by atoms with van der Waals surface area (Å²) in [5.41, 5.74) is -0.262. The zero-order chi connectivity index (χ0) is 11.8. The number of hydrogen-bond donors (Lipinski definition) is 2. The molecule has 1 aromatic heterocycles. The molecule has 0 saturated carbocycles. The third-order valence-electron chi connectivity index (χ3n) is 3.04. The summed E-state index contributed by atoms with van der Waals surface area (Å²) in [7, 11) is 0. The molecule has 0 aromatic carbocycles. The van der Waals surface area contributed by atoms with Crippen molar-refractivity contribution in [1.82, 2.24) is 10.3 Å². The summed E-state index contributed by atoms with van der Waals surface area (Å²) in [6, 6.07) is 0. The monoisotopic (exact) mass is 224 g/mol. The van der Waals surface area contributed by atoms with Crippen molar-refractivity contribution in [2.75, 3.05) is 13.1 Å². The van der Waals surface area contributed by atoms with Crippen LogP contribution in [0.1, 0.15) is 50.0 Å². The van der Waals surface area contributed by atoms with Crippen LogP contribution in [0.25, 0.3) is 0 Å². The van der Waals surface area contributed by atoms with E-state index in [1.54, 1.807) is 13.8 Å². The summed E-state index contributed by atoms with van der Waals surface area (Å²) in [4.78, 5) is 4.45. The first-order chi connectivity index (χ1) is 7.48. The summed E-state index contributed by atoms with van der Waals surface area (Å²) in [6.45, 7) is 7.33. The van der Waals surface area contributed by atoms with E-state index < -0.39 is 5.60 Å². The number of nitrogens with zero attached hydrogens (tertiary/aromatic N) is 1. The number of aliphatic hydroxyl groups is 1. The molecule has 0 amide bonds. The Kier molecular flexibility index (Phi) is 3.04. The summed E-state index contributed by atoms with van der Waals surface area (Å²) in [5.74, 6) is 1.85. The van der Waals surface area contributed by atoms with E-state index >= 15 is 0 Å². The molecule has 1 fully saturated rings. The highest BCUT2D eigenvalue weighted by atomic mass is 16.4. The Morgan fingerprint density at radius 3 is 2.75 bits per heavy atom. The maximum absolute atomic E-state index is 9.94. The van der Waals surface area contributed by atoms with Crippen LogP contribution in [0.5, 0.6) is 0 Å². The molecular weight excluding hydrogens is 204 g/mol. The minimum atomic E-state index is -0.923. The topological polar surface area (TPSA) is 58.3 Å². The van der Waals surface area contributed by atoms with Crippen LogP contribution in [-0.4, -0.2) is 23.2 Å². The number of hydrogen-bond acceptors (Lipinski definition) is 4. The van der Waals surface area contributed by atoms with Crippen molar-refractivity contribution in [3.8, 4) is 0 Å². The van der Waals surface area contributed by atoms with Crippen molar-refractivity contribution in [2.24, 2.45) is 0 Å². The number of piperidine rings is 1. The fourth-order valence-corrected chi connectivity index (χ4v) is 2.22. The molecule has 2 heterocycles. The predicted molar refractivity (Wildman–Crippen MR) is 61.3 cm³/mol. The van der Waals surface area contributed by atoms with Gasteiger partial charge in [0.15, 0.2) is 5.89 Å². The van der Waals surface area contributed by atoms with Gasteiger partial charge in [0.05, 0.1) is 0 Å². The van der Waals surface area contributed by atoms with Crippen molar-refractivity contribution in [3.63, 3.8) is 0 Å². The van der Waals surface area contributed by atoms with Gasteiger partial charge in [-0.25, -0.2) is 4.98 Å². The number of aromatic nitrogens is 1. The van der Waals surface area contributed by atoms with Crippen LogP contribution in [0.2, 0.25) is 0 Å². The molecule has 16 heavy (non-hydrogen) atoms. The lowest BCUT2D eigenvalue weighted by Gasteiger charge is -2.19. The molecule has 0 unspecified atom stereocenters. The lowest BCUT2D eigenvalue weighted by molar-refractivity contribution is 0.0728. The molecule has 1 atom stereocenters. The fraction of sp³-hybridized carbons (Fsp3) is 0.750. The number of rotatable bonds is 2. The van der Waals surface area contributed by atoms with Gasteiger partial charge in [-0.15, -0.1) is 0 Å². The van der Waals surface area contributed by atoms with E-state index in [9.17, 15) is 5.11 Å². The van der Waals surface area contributed by atoms with Crippen molar-refractivity contribution < 1.29 is 9.52 Å². The van der Waals surface area contributed by atoms with Crippen LogP contribution >= 0.6 is 0 Å². The first-order valence-corrected chi connectivity index (χ1v) is 5.89. The highest BCUT2D eigenvalue weighted by Gasteiger charge is 2.28. The van der Waals surface area contributed by atoms with Crippen LogP contribution in [0, 0.1) is 6.92 Å². The third kappa shape index (κ3) is 2.28. The molecule has 2 N–H and O–H groups in total. The zero-order valence-electron chi connectivity index (χ0n) is 10.2. The molecule has 1 saturated heterocycles. The van der Waals surface area contributed by atoms with Crippen molar-refractivity contribution in [2.45, 2.75) is 45.1 Å². The van der Waals surface area contributed by atoms with Crippen LogP contribution in [0.4, 0.5) is 0 Å². The van der Waals surface area contributed by atoms with Crippen molar-refractivity contribution >= 4 is 0 Å². The molecule has 1 aliphatic heterocycles. The fourth-order valence-electron chi connectivity index (χ4n) is 2.22. The molecule has 2 rings (SSSR count). The van der Waals surface area contributed by atoms with Gasteiger partial charge in [-0.2, -0.15) is 0 Å². The van der Waals surface area contributed by atoms with Crippen molar-refractivity contribution in [1.29, 1.82) is 0 Å². The van der Waals surface area contributed by atoms with E-state index in [1.165, 1.54) is 0 Å². The molecule has 1 aromatic rings. The van der Waals surface area contributed by atoms with Gasteiger partial charge in [0, 0.05) is 12.5 Å². The van der Waals surface area contributed by atoms with E-state index in [-0.39, 0.29) is 0 Å². The van der Waals surface area contributed by atoms with Gasteiger partial charge in [-0.3, -0.25) is 0 Å². The quantitative estimate of drug-likeness (QED) is 0.802. The Labute approximate surface area is 96.1 Å². The standard InChI is InChI=1S/C12H20N2O2/c1-8-10(12(2,3)15)14-11(16-8)9-5-4-6-13-7-9/h9,13,15H,4-7H2,1-3H3/t9-/m1/s1. The second-order valence-corrected chi connectivity index (χ2v) is 5.06. The van der Waals surface area contributed by atoms with Gasteiger partial charge < -0.3 is 14.8 Å². The van der Waals surface area contributed by atoms with Gasteiger partial charge in [0.2, 0.25) is 0 Å². The highest BCUT2D eigenvalue weighted by Crippen LogP contribution is 2.29. The Balaban J connectivity index is 2.23. The second-order valence-electron chi connectivity index (χ2n) is 5.06. The molecule has 1 aliphatic rings. The number of nitrogens with one attached hydrogen (secondary N) is 1. The van der Waals surface area contributed by atoms with E-state index in [0.29, 0.717) is 11.6 Å². The first kappa shape index (κ1) is 11.6. The predicted octanol–water partition coefficient (Wildman–Crippen LogP) is 1.68. The van der Waals surface area contributed by atoms with Gasteiger partial charge in [0.1, 0.15) is 17.1 Å². The van der Waals surface area contributed by atoms with E-state index in [4.69, 9.17) is 4.42 Å². The summed E-state index contributed by atoms with van der Waals surface area (Å²) < 4.78 is 5.67. The molecular formula is C12H20N2O2. The number of oxazole rings is 1. The maximum Gasteiger partial charge on any atom is 0.199 e. The SMILES string of the molecule is Cc1oc([C@@H]2CCCNC2)nc1C(C)(C)O. The van der Waals surface area contributed by atoms with E-state index in [1.807, 2.05) is 6.92 Å². The van der Waals surface area contributed by atoms with Gasteiger partial charge in [-0.05, 0) is 40.2 Å². The summed E-state index contributed by atoms with van der Waals surface area (Å²) in [6.07, 6.45) is 2.27. The first-order valence-electron chi connectivity index (χ1n) is 5.89. The molecule has 0 spiro atoms. The summed E-state index contributed by atoms with van der Waals surface area (Å²) >= 11 is 0. The molecule has 90 valence electrons. The van der Waals surface area contributed by atoms with Crippen LogP contribution < -0.4 is 5.32 Å². The largest absolute Gasteiger partial charge is 0.445 e. The molecule has 4 nitrogen and oxygen atoms in total. The Morgan fingerprint density at radius 2 is 2.25 bits per heavy atom. The molecule has 0 radical (unpaired) electrons. The third-order valence-corrected chi connectivity index (χ3v) is 3.04. The second kappa shape index (κ2) is 4.18.